The standard InChI is InChI=1S/C19H28O/c1-18-10-3-5-14(18)13-7-8-16-17(20)6-4-11-19(16,2)15(13)9-12-18/h3,10,13-16H,4-9,11-12H2,1-2H3/t13-,14-,15-,16-,18-,19+/m0/s1. The van der Waals surface area contributed by atoms with Crippen molar-refractivity contribution in [1.82, 2.24) is 0 Å². The van der Waals surface area contributed by atoms with Crippen LogP contribution in [0.3, 0.4) is 0 Å². The molecule has 0 N–H and O–H groups in total. The molecule has 110 valence electrons. The molecule has 3 saturated carbocycles. The highest BCUT2D eigenvalue weighted by Gasteiger charge is 2.57. The minimum Gasteiger partial charge on any atom is -0.299 e. The summed E-state index contributed by atoms with van der Waals surface area (Å²) in [5.74, 6) is 3.57. The van der Waals surface area contributed by atoms with Crippen LogP contribution in [0.2, 0.25) is 0 Å². The molecule has 0 bridgehead atoms. The van der Waals surface area contributed by atoms with Gasteiger partial charge in [0.2, 0.25) is 0 Å². The average molecular weight is 272 g/mol. The van der Waals surface area contributed by atoms with Crippen molar-refractivity contribution >= 4 is 5.78 Å². The van der Waals surface area contributed by atoms with Crippen molar-refractivity contribution in [3.63, 3.8) is 0 Å². The van der Waals surface area contributed by atoms with Crippen LogP contribution in [0.5, 0.6) is 0 Å². The molecule has 0 aliphatic heterocycles. The molecular weight excluding hydrogens is 244 g/mol. The molecule has 1 heteroatoms. The summed E-state index contributed by atoms with van der Waals surface area (Å²) < 4.78 is 0. The van der Waals surface area contributed by atoms with Gasteiger partial charge in [-0.25, -0.2) is 0 Å². The van der Waals surface area contributed by atoms with Crippen LogP contribution in [0.4, 0.5) is 0 Å². The van der Waals surface area contributed by atoms with Crippen molar-refractivity contribution in [2.24, 2.45) is 34.5 Å². The summed E-state index contributed by atoms with van der Waals surface area (Å²) in [5.41, 5.74) is 0.811. The summed E-state index contributed by atoms with van der Waals surface area (Å²) >= 11 is 0. The summed E-state index contributed by atoms with van der Waals surface area (Å²) in [4.78, 5) is 12.4. The molecular formula is C19H28O. The quantitative estimate of drug-likeness (QED) is 0.581. The fraction of sp³-hybridized carbons (Fsp3) is 0.842. The minimum absolute atomic E-state index is 0.335. The smallest absolute Gasteiger partial charge is 0.136 e. The molecule has 6 atom stereocenters. The molecule has 0 saturated heterocycles. The molecule has 0 heterocycles. The summed E-state index contributed by atoms with van der Waals surface area (Å²) in [6.45, 7) is 4.95. The molecule has 3 fully saturated rings. The second-order valence-electron chi connectivity index (χ2n) is 8.52. The third-order valence-electron chi connectivity index (χ3n) is 7.72. The fourth-order valence-electron chi connectivity index (χ4n) is 6.64. The van der Waals surface area contributed by atoms with Crippen molar-refractivity contribution in [2.75, 3.05) is 0 Å². The van der Waals surface area contributed by atoms with E-state index in [2.05, 4.69) is 26.0 Å². The van der Waals surface area contributed by atoms with E-state index in [4.69, 9.17) is 0 Å². The first kappa shape index (κ1) is 13.1. The van der Waals surface area contributed by atoms with Crippen LogP contribution in [-0.4, -0.2) is 5.78 Å². The molecule has 0 aromatic heterocycles. The normalized spacial score (nSPS) is 54.2. The van der Waals surface area contributed by atoms with Gasteiger partial charge in [0, 0.05) is 12.3 Å². The van der Waals surface area contributed by atoms with Crippen LogP contribution in [0.25, 0.3) is 0 Å². The van der Waals surface area contributed by atoms with Gasteiger partial charge in [0.15, 0.2) is 0 Å². The van der Waals surface area contributed by atoms with Gasteiger partial charge in [-0.3, -0.25) is 4.79 Å². The van der Waals surface area contributed by atoms with Crippen molar-refractivity contribution in [2.45, 2.75) is 65.2 Å². The zero-order chi connectivity index (χ0) is 14.0. The van der Waals surface area contributed by atoms with Gasteiger partial charge in [-0.15, -0.1) is 0 Å². The molecule has 1 nitrogen and oxygen atoms in total. The Morgan fingerprint density at radius 2 is 1.95 bits per heavy atom. The van der Waals surface area contributed by atoms with Crippen molar-refractivity contribution in [1.29, 1.82) is 0 Å². The Morgan fingerprint density at radius 3 is 2.80 bits per heavy atom. The van der Waals surface area contributed by atoms with Crippen LogP contribution >= 0.6 is 0 Å². The number of allylic oxidation sites excluding steroid dienone is 2. The predicted octanol–water partition coefficient (Wildman–Crippen LogP) is 4.76. The maximum Gasteiger partial charge on any atom is 0.136 e. The number of Topliss-reactive ketones (excluding diaryl/α,β-unsaturated/α-hetero) is 1. The highest BCUT2D eigenvalue weighted by Crippen LogP contribution is 2.64. The Morgan fingerprint density at radius 1 is 1.10 bits per heavy atom. The molecule has 4 aliphatic rings. The van der Waals surface area contributed by atoms with Gasteiger partial charge < -0.3 is 0 Å². The number of rotatable bonds is 0. The number of carbonyl (C=O) groups excluding carboxylic acids is 1. The van der Waals surface area contributed by atoms with Crippen LogP contribution in [-0.2, 0) is 4.79 Å². The van der Waals surface area contributed by atoms with Gasteiger partial charge in [0.05, 0.1) is 0 Å². The fourth-order valence-corrected chi connectivity index (χ4v) is 6.64. The van der Waals surface area contributed by atoms with Gasteiger partial charge in [0.25, 0.3) is 0 Å². The van der Waals surface area contributed by atoms with Crippen molar-refractivity contribution in [3.05, 3.63) is 12.2 Å². The molecule has 4 rings (SSSR count). The van der Waals surface area contributed by atoms with E-state index in [0.717, 1.165) is 30.6 Å². The third-order valence-corrected chi connectivity index (χ3v) is 7.72. The number of hydrogen-bond acceptors (Lipinski definition) is 1. The largest absolute Gasteiger partial charge is 0.299 e. The lowest BCUT2D eigenvalue weighted by Crippen LogP contribution is -2.54. The number of hydrogen-bond donors (Lipinski definition) is 0. The molecule has 0 unspecified atom stereocenters. The lowest BCUT2D eigenvalue weighted by molar-refractivity contribution is -0.145. The topological polar surface area (TPSA) is 17.1 Å². The summed E-state index contributed by atoms with van der Waals surface area (Å²) in [5, 5.41) is 0. The Balaban J connectivity index is 1.67. The maximum absolute atomic E-state index is 12.4. The lowest BCUT2D eigenvalue weighted by atomic mass is 9.45. The lowest BCUT2D eigenvalue weighted by Gasteiger charge is -2.59. The Bertz CT molecular complexity index is 464. The van der Waals surface area contributed by atoms with Crippen molar-refractivity contribution < 1.29 is 4.79 Å². The Kier molecular flexibility index (Phi) is 2.76. The molecule has 0 amide bonds. The second-order valence-corrected chi connectivity index (χ2v) is 8.52. The zero-order valence-electron chi connectivity index (χ0n) is 13.0. The summed E-state index contributed by atoms with van der Waals surface area (Å²) in [6.07, 6.45) is 14.8. The van der Waals surface area contributed by atoms with Gasteiger partial charge in [-0.05, 0) is 73.5 Å². The van der Waals surface area contributed by atoms with E-state index in [1.807, 2.05) is 0 Å². The molecule has 0 radical (unpaired) electrons. The van der Waals surface area contributed by atoms with Gasteiger partial charge in [-0.2, -0.15) is 0 Å². The van der Waals surface area contributed by atoms with Crippen LogP contribution in [0.1, 0.15) is 65.2 Å². The molecule has 0 aromatic rings. The number of ketones is 1. The second kappa shape index (κ2) is 4.21. The van der Waals surface area contributed by atoms with Gasteiger partial charge >= 0.3 is 0 Å². The van der Waals surface area contributed by atoms with E-state index >= 15 is 0 Å². The number of fused-ring (bicyclic) bond motifs is 5. The van der Waals surface area contributed by atoms with Crippen molar-refractivity contribution in [3.8, 4) is 0 Å². The average Bonchev–Trinajstić information content (AvgIpc) is 2.80. The SMILES string of the molecule is C[C@]12CCCC(=O)[C@@H]1CC[C@@H]1[C@@H]2CC[C@]2(C)C=CC[C@@H]12. The Labute approximate surface area is 123 Å². The van der Waals surface area contributed by atoms with E-state index in [1.54, 1.807) is 0 Å². The first-order chi connectivity index (χ1) is 9.55. The van der Waals surface area contributed by atoms with E-state index < -0.39 is 0 Å². The minimum atomic E-state index is 0.335. The highest BCUT2D eigenvalue weighted by atomic mass is 16.1. The monoisotopic (exact) mass is 272 g/mol. The van der Waals surface area contributed by atoms with Gasteiger partial charge in [0.1, 0.15) is 5.78 Å². The van der Waals surface area contributed by atoms with E-state index in [-0.39, 0.29) is 0 Å². The van der Waals surface area contributed by atoms with E-state index in [1.165, 1.54) is 38.5 Å². The highest BCUT2D eigenvalue weighted by molar-refractivity contribution is 5.82. The molecule has 4 aliphatic carbocycles. The molecule has 20 heavy (non-hydrogen) atoms. The van der Waals surface area contributed by atoms with E-state index in [0.29, 0.717) is 22.5 Å². The van der Waals surface area contributed by atoms with Gasteiger partial charge in [-0.1, -0.05) is 26.0 Å². The third kappa shape index (κ3) is 1.58. The molecule has 0 spiro atoms. The maximum atomic E-state index is 12.4. The zero-order valence-corrected chi connectivity index (χ0v) is 13.0. The van der Waals surface area contributed by atoms with Crippen LogP contribution in [0, 0.1) is 34.5 Å². The predicted molar refractivity (Wildman–Crippen MR) is 81.3 cm³/mol. The Hall–Kier alpha value is -0.590. The first-order valence-electron chi connectivity index (χ1n) is 8.75. The van der Waals surface area contributed by atoms with E-state index in [9.17, 15) is 4.79 Å². The first-order valence-corrected chi connectivity index (χ1v) is 8.75. The summed E-state index contributed by atoms with van der Waals surface area (Å²) in [7, 11) is 0. The summed E-state index contributed by atoms with van der Waals surface area (Å²) in [6, 6.07) is 0. The molecule has 0 aromatic carbocycles. The van der Waals surface area contributed by atoms with Crippen LogP contribution in [0.15, 0.2) is 12.2 Å². The number of carbonyl (C=O) groups is 1. The van der Waals surface area contributed by atoms with Crippen LogP contribution < -0.4 is 0 Å².